The number of piperidine rings is 1. The molecule has 3 rings (SSSR count). The van der Waals surface area contributed by atoms with E-state index in [-0.39, 0.29) is 5.92 Å². The van der Waals surface area contributed by atoms with E-state index in [1.165, 1.54) is 5.56 Å². The summed E-state index contributed by atoms with van der Waals surface area (Å²) in [4.78, 5) is 17.6. The summed E-state index contributed by atoms with van der Waals surface area (Å²) in [5, 5.41) is 10.2. The highest BCUT2D eigenvalue weighted by molar-refractivity contribution is 5.78. The highest BCUT2D eigenvalue weighted by Crippen LogP contribution is 2.20. The second-order valence-electron chi connectivity index (χ2n) is 5.42. The van der Waals surface area contributed by atoms with Gasteiger partial charge in [0.05, 0.1) is 11.4 Å². The Labute approximate surface area is 118 Å². The van der Waals surface area contributed by atoms with E-state index in [1.54, 1.807) is 6.20 Å². The first kappa shape index (κ1) is 13.1. The number of rotatable bonds is 3. The maximum Gasteiger partial charge on any atom is 0.306 e. The number of likely N-dealkylation sites (tertiary alicyclic amines) is 1. The third-order valence-corrected chi connectivity index (χ3v) is 4.01. The molecule has 0 atom stereocenters. The van der Waals surface area contributed by atoms with Crippen molar-refractivity contribution in [1.82, 2.24) is 9.88 Å². The topological polar surface area (TPSA) is 53.4 Å². The molecule has 0 radical (unpaired) electrons. The molecule has 0 aliphatic carbocycles. The zero-order valence-corrected chi connectivity index (χ0v) is 11.3. The number of carboxylic acid groups (broad SMARTS) is 1. The van der Waals surface area contributed by atoms with Crippen LogP contribution in [0.15, 0.2) is 36.5 Å². The van der Waals surface area contributed by atoms with E-state index in [4.69, 9.17) is 5.11 Å². The third kappa shape index (κ3) is 2.80. The first-order chi connectivity index (χ1) is 9.72. The van der Waals surface area contributed by atoms with Gasteiger partial charge in [-0.1, -0.05) is 12.1 Å². The zero-order valence-electron chi connectivity index (χ0n) is 11.3. The van der Waals surface area contributed by atoms with Gasteiger partial charge in [0.25, 0.3) is 0 Å². The van der Waals surface area contributed by atoms with Crippen LogP contribution >= 0.6 is 0 Å². The Hall–Kier alpha value is -1.94. The van der Waals surface area contributed by atoms with E-state index < -0.39 is 5.97 Å². The van der Waals surface area contributed by atoms with Crippen LogP contribution in [-0.2, 0) is 11.3 Å². The van der Waals surface area contributed by atoms with E-state index in [1.807, 2.05) is 6.07 Å². The minimum atomic E-state index is -0.651. The average molecular weight is 270 g/mol. The van der Waals surface area contributed by atoms with Crippen LogP contribution in [0.1, 0.15) is 18.4 Å². The summed E-state index contributed by atoms with van der Waals surface area (Å²) >= 11 is 0. The van der Waals surface area contributed by atoms with Crippen molar-refractivity contribution in [2.45, 2.75) is 19.4 Å². The van der Waals surface area contributed by atoms with Crippen molar-refractivity contribution in [3.8, 4) is 0 Å². The largest absolute Gasteiger partial charge is 0.481 e. The second-order valence-corrected chi connectivity index (χ2v) is 5.42. The lowest BCUT2D eigenvalue weighted by molar-refractivity contribution is -0.143. The van der Waals surface area contributed by atoms with Crippen LogP contribution in [0.25, 0.3) is 10.9 Å². The number of benzene rings is 1. The fourth-order valence-corrected chi connectivity index (χ4v) is 2.82. The minimum absolute atomic E-state index is 0.160. The fraction of sp³-hybridized carbons (Fsp3) is 0.375. The Balaban J connectivity index is 1.66. The van der Waals surface area contributed by atoms with Gasteiger partial charge in [0, 0.05) is 18.1 Å². The number of pyridine rings is 1. The molecule has 2 heterocycles. The molecule has 1 fully saturated rings. The molecular weight excluding hydrogens is 252 g/mol. The van der Waals surface area contributed by atoms with Crippen LogP contribution < -0.4 is 0 Å². The highest BCUT2D eigenvalue weighted by atomic mass is 16.4. The van der Waals surface area contributed by atoms with Crippen molar-refractivity contribution in [1.29, 1.82) is 0 Å². The van der Waals surface area contributed by atoms with Gasteiger partial charge in [0.1, 0.15) is 0 Å². The molecule has 20 heavy (non-hydrogen) atoms. The summed E-state index contributed by atoms with van der Waals surface area (Å²) in [7, 11) is 0. The second kappa shape index (κ2) is 5.59. The quantitative estimate of drug-likeness (QED) is 0.931. The average Bonchev–Trinajstić information content (AvgIpc) is 2.48. The number of fused-ring (bicyclic) bond motifs is 1. The summed E-state index contributed by atoms with van der Waals surface area (Å²) in [5.41, 5.74) is 2.28. The monoisotopic (exact) mass is 270 g/mol. The van der Waals surface area contributed by atoms with Crippen LogP contribution in [-0.4, -0.2) is 34.0 Å². The number of aliphatic carboxylic acids is 1. The van der Waals surface area contributed by atoms with Crippen molar-refractivity contribution in [3.63, 3.8) is 0 Å². The number of hydrogen-bond donors (Lipinski definition) is 1. The minimum Gasteiger partial charge on any atom is -0.481 e. The first-order valence-corrected chi connectivity index (χ1v) is 7.01. The molecule has 1 aliphatic rings. The summed E-state index contributed by atoms with van der Waals surface area (Å²) in [6.45, 7) is 2.61. The van der Waals surface area contributed by atoms with Crippen LogP contribution in [0.4, 0.5) is 0 Å². The Kier molecular flexibility index (Phi) is 3.65. The van der Waals surface area contributed by atoms with Crippen LogP contribution in [0, 0.1) is 5.92 Å². The van der Waals surface area contributed by atoms with E-state index >= 15 is 0 Å². The number of carbonyl (C=O) groups is 1. The number of aromatic nitrogens is 1. The van der Waals surface area contributed by atoms with Gasteiger partial charge in [-0.25, -0.2) is 0 Å². The molecule has 1 N–H and O–H groups in total. The van der Waals surface area contributed by atoms with Gasteiger partial charge in [-0.05, 0) is 49.7 Å². The van der Waals surface area contributed by atoms with Crippen LogP contribution in [0.3, 0.4) is 0 Å². The Morgan fingerprint density at radius 3 is 2.85 bits per heavy atom. The van der Waals surface area contributed by atoms with E-state index in [9.17, 15) is 4.79 Å². The Bertz CT molecular complexity index is 619. The maximum absolute atomic E-state index is 10.9. The predicted octanol–water partition coefficient (Wildman–Crippen LogP) is 2.53. The summed E-state index contributed by atoms with van der Waals surface area (Å²) in [5.74, 6) is -0.812. The molecule has 0 unspecified atom stereocenters. The van der Waals surface area contributed by atoms with Crippen molar-refractivity contribution in [3.05, 3.63) is 42.1 Å². The summed E-state index contributed by atoms with van der Waals surface area (Å²) in [6, 6.07) is 10.4. The molecule has 0 bridgehead atoms. The van der Waals surface area contributed by atoms with E-state index in [2.05, 4.69) is 34.1 Å². The van der Waals surface area contributed by atoms with Crippen molar-refractivity contribution in [2.75, 3.05) is 13.1 Å². The lowest BCUT2D eigenvalue weighted by Gasteiger charge is -2.30. The molecule has 104 valence electrons. The smallest absolute Gasteiger partial charge is 0.306 e. The van der Waals surface area contributed by atoms with Crippen molar-refractivity contribution in [2.24, 2.45) is 5.92 Å². The van der Waals surface area contributed by atoms with Gasteiger partial charge in [0.2, 0.25) is 0 Å². The molecule has 0 spiro atoms. The number of carboxylic acids is 1. The summed E-state index contributed by atoms with van der Waals surface area (Å²) < 4.78 is 0. The molecule has 4 heteroatoms. The molecule has 1 aliphatic heterocycles. The van der Waals surface area contributed by atoms with Gasteiger partial charge in [-0.2, -0.15) is 0 Å². The van der Waals surface area contributed by atoms with Gasteiger partial charge < -0.3 is 5.11 Å². The normalized spacial score (nSPS) is 17.4. The Morgan fingerprint density at radius 2 is 2.10 bits per heavy atom. The van der Waals surface area contributed by atoms with Gasteiger partial charge in [-0.3, -0.25) is 14.7 Å². The molecule has 0 amide bonds. The lowest BCUT2D eigenvalue weighted by Crippen LogP contribution is -2.35. The summed E-state index contributed by atoms with van der Waals surface area (Å²) in [6.07, 6.45) is 3.31. The molecular formula is C16H18N2O2. The standard InChI is InChI=1S/C16H18N2O2/c19-16(20)13-5-8-18(9-6-13)11-12-3-4-15-14(10-12)2-1-7-17-15/h1-4,7,10,13H,5-6,8-9,11H2,(H,19,20). The molecule has 2 aromatic rings. The number of hydrogen-bond acceptors (Lipinski definition) is 3. The van der Waals surface area contributed by atoms with Crippen molar-refractivity contribution >= 4 is 16.9 Å². The zero-order chi connectivity index (χ0) is 13.9. The fourth-order valence-electron chi connectivity index (χ4n) is 2.82. The SMILES string of the molecule is O=C(O)C1CCN(Cc2ccc3ncccc3c2)CC1. The Morgan fingerprint density at radius 1 is 1.30 bits per heavy atom. The van der Waals surface area contributed by atoms with Gasteiger partial charge >= 0.3 is 5.97 Å². The van der Waals surface area contributed by atoms with Gasteiger partial charge in [0.15, 0.2) is 0 Å². The van der Waals surface area contributed by atoms with E-state index in [0.717, 1.165) is 43.4 Å². The first-order valence-electron chi connectivity index (χ1n) is 7.01. The lowest BCUT2D eigenvalue weighted by atomic mass is 9.97. The molecule has 1 aromatic heterocycles. The maximum atomic E-state index is 10.9. The van der Waals surface area contributed by atoms with Crippen LogP contribution in [0.5, 0.6) is 0 Å². The molecule has 4 nitrogen and oxygen atoms in total. The van der Waals surface area contributed by atoms with Crippen LogP contribution in [0.2, 0.25) is 0 Å². The predicted molar refractivity (Wildman–Crippen MR) is 77.4 cm³/mol. The van der Waals surface area contributed by atoms with E-state index in [0.29, 0.717) is 0 Å². The third-order valence-electron chi connectivity index (χ3n) is 4.01. The highest BCUT2D eigenvalue weighted by Gasteiger charge is 2.24. The number of nitrogens with zero attached hydrogens (tertiary/aromatic N) is 2. The molecule has 0 saturated carbocycles. The molecule has 1 aromatic carbocycles. The van der Waals surface area contributed by atoms with Crippen molar-refractivity contribution < 1.29 is 9.90 Å². The molecule has 1 saturated heterocycles. The van der Waals surface area contributed by atoms with Gasteiger partial charge in [-0.15, -0.1) is 0 Å².